The lowest BCUT2D eigenvalue weighted by Crippen LogP contribution is -2.48. The van der Waals surface area contributed by atoms with E-state index in [4.69, 9.17) is 8.85 Å². The highest BCUT2D eigenvalue weighted by Gasteiger charge is 2.46. The van der Waals surface area contributed by atoms with Crippen molar-refractivity contribution in [2.24, 2.45) is 5.92 Å². The van der Waals surface area contributed by atoms with Gasteiger partial charge in [0.1, 0.15) is 5.76 Å². The van der Waals surface area contributed by atoms with Gasteiger partial charge in [0.25, 0.3) is 10.0 Å². The second-order valence-electron chi connectivity index (χ2n) is 15.2. The quantitative estimate of drug-likeness (QED) is 0.243. The summed E-state index contributed by atoms with van der Waals surface area (Å²) in [6, 6.07) is 11.3. The van der Waals surface area contributed by atoms with Gasteiger partial charge < -0.3 is 8.85 Å². The van der Waals surface area contributed by atoms with Crippen molar-refractivity contribution in [3.63, 3.8) is 0 Å². The molecule has 43 heavy (non-hydrogen) atoms. The van der Waals surface area contributed by atoms with Crippen LogP contribution in [0, 0.1) is 12.8 Å². The Morgan fingerprint density at radius 2 is 1.51 bits per heavy atom. The number of hydrogen-bond donors (Lipinski definition) is 0. The molecule has 2 aromatic carbocycles. The van der Waals surface area contributed by atoms with Gasteiger partial charge in [-0.25, -0.2) is 8.42 Å². The molecule has 0 fully saturated rings. The lowest BCUT2D eigenvalue weighted by Gasteiger charge is -2.43. The molecule has 0 unspecified atom stereocenters. The fourth-order valence-electron chi connectivity index (χ4n) is 7.08. The topological polar surface area (TPSA) is 55.8 Å². The van der Waals surface area contributed by atoms with Crippen molar-refractivity contribution in [2.45, 2.75) is 122 Å². The molecular weight excluding hydrogens is 587 g/mol. The van der Waals surface area contributed by atoms with Gasteiger partial charge in [-0.3, -0.25) is 4.31 Å². The zero-order valence-corrected chi connectivity index (χ0v) is 31.5. The third kappa shape index (κ3) is 6.31. The Bertz CT molecular complexity index is 1430. The Morgan fingerprint density at radius 1 is 0.930 bits per heavy atom. The van der Waals surface area contributed by atoms with E-state index >= 15 is 0 Å². The second-order valence-corrected chi connectivity index (χ2v) is 27.3. The maximum Gasteiger partial charge on any atom is 0.264 e. The monoisotopic (exact) mass is 641 g/mol. The van der Waals surface area contributed by atoms with Gasteiger partial charge in [-0.15, -0.1) is 0 Å². The van der Waals surface area contributed by atoms with Crippen molar-refractivity contribution in [3.05, 3.63) is 64.7 Å². The largest absolute Gasteiger partial charge is 0.543 e. The second kappa shape index (κ2) is 12.1. The summed E-state index contributed by atoms with van der Waals surface area (Å²) in [5, 5.41) is 0.0329. The average molecular weight is 642 g/mol. The van der Waals surface area contributed by atoms with E-state index in [0.717, 1.165) is 34.6 Å². The number of anilines is 1. The first kappa shape index (κ1) is 34.0. The van der Waals surface area contributed by atoms with Gasteiger partial charge in [0, 0.05) is 24.6 Å². The zero-order chi connectivity index (χ0) is 32.1. The van der Waals surface area contributed by atoms with Gasteiger partial charge in [-0.1, -0.05) is 86.1 Å². The number of nitrogens with zero attached hydrogens (tertiary/aromatic N) is 1. The molecule has 1 aliphatic carbocycles. The minimum absolute atomic E-state index is 0.0329. The van der Waals surface area contributed by atoms with E-state index in [2.05, 4.69) is 87.6 Å². The van der Waals surface area contributed by atoms with Crippen molar-refractivity contribution in [3.8, 4) is 0 Å². The van der Waals surface area contributed by atoms with E-state index in [1.165, 1.54) is 5.56 Å². The number of rotatable bonds is 10. The van der Waals surface area contributed by atoms with Crippen LogP contribution in [0.25, 0.3) is 5.76 Å². The summed E-state index contributed by atoms with van der Waals surface area (Å²) in [4.78, 5) is 0.335. The number of hydrogen-bond acceptors (Lipinski definition) is 4. The molecule has 0 amide bonds. The summed E-state index contributed by atoms with van der Waals surface area (Å²) in [5.74, 6) is 1.14. The number of benzene rings is 2. The summed E-state index contributed by atoms with van der Waals surface area (Å²) in [6.45, 7) is 28.5. The van der Waals surface area contributed by atoms with E-state index in [1.54, 1.807) is 16.4 Å². The van der Waals surface area contributed by atoms with Crippen molar-refractivity contribution >= 4 is 38.1 Å². The molecule has 0 saturated heterocycles. The first-order valence-corrected chi connectivity index (χ1v) is 22.6. The maximum atomic E-state index is 13.8. The Labute approximate surface area is 264 Å². The molecule has 238 valence electrons. The molecular formula is C35H55NO4SSi2. The molecule has 1 atom stereocenters. The summed E-state index contributed by atoms with van der Waals surface area (Å²) in [6.07, 6.45) is 3.86. The van der Waals surface area contributed by atoms with Crippen molar-refractivity contribution < 1.29 is 17.3 Å². The van der Waals surface area contributed by atoms with Crippen LogP contribution in [-0.2, 0) is 31.7 Å². The van der Waals surface area contributed by atoms with Crippen molar-refractivity contribution in [2.75, 3.05) is 17.5 Å². The van der Waals surface area contributed by atoms with Crippen LogP contribution in [0.5, 0.6) is 0 Å². The highest BCUT2D eigenvalue weighted by molar-refractivity contribution is 7.92. The van der Waals surface area contributed by atoms with Gasteiger partial charge in [0.05, 0.1) is 10.6 Å². The zero-order valence-electron chi connectivity index (χ0n) is 28.7. The van der Waals surface area contributed by atoms with Crippen LogP contribution < -0.4 is 4.31 Å². The third-order valence-electron chi connectivity index (χ3n) is 10.4. The van der Waals surface area contributed by atoms with E-state index in [0.29, 0.717) is 41.1 Å². The molecule has 2 aliphatic rings. The lowest BCUT2D eigenvalue weighted by atomic mass is 9.85. The molecule has 0 radical (unpaired) electrons. The minimum atomic E-state index is -3.67. The third-order valence-corrected chi connectivity index (χ3v) is 22.6. The van der Waals surface area contributed by atoms with Crippen LogP contribution in [-0.4, -0.2) is 38.2 Å². The molecule has 0 spiro atoms. The molecule has 0 aromatic heterocycles. The summed E-state index contributed by atoms with van der Waals surface area (Å²) in [7, 11) is -7.86. The normalized spacial score (nSPS) is 17.9. The Kier molecular flexibility index (Phi) is 9.60. The fraction of sp³-hybridized carbons (Fsp3) is 0.600. The first-order valence-electron chi connectivity index (χ1n) is 16.1. The predicted octanol–water partition coefficient (Wildman–Crippen LogP) is 9.47. The smallest absolute Gasteiger partial charge is 0.264 e. The van der Waals surface area contributed by atoms with Crippen LogP contribution in [0.1, 0.15) is 84.6 Å². The van der Waals surface area contributed by atoms with Crippen molar-refractivity contribution in [1.29, 1.82) is 0 Å². The van der Waals surface area contributed by atoms with Crippen LogP contribution in [0.15, 0.2) is 47.4 Å². The SMILES string of the molecule is Cc1ccc(S(=O)(=O)N2CCc3c2ccc2c3C(O[Si](C)(C)C(C)(C)C)=C[C@@H](CO[Si](C(C)C)(C(C)C)C(C)C)C2)cc1. The van der Waals surface area contributed by atoms with Gasteiger partial charge in [-0.2, -0.15) is 0 Å². The molecule has 4 rings (SSSR count). The van der Waals surface area contributed by atoms with Gasteiger partial charge >= 0.3 is 0 Å². The molecule has 2 aromatic rings. The van der Waals surface area contributed by atoms with E-state index in [1.807, 2.05) is 25.1 Å². The van der Waals surface area contributed by atoms with Crippen LogP contribution >= 0.6 is 0 Å². The molecule has 1 aliphatic heterocycles. The molecule has 0 saturated carbocycles. The predicted molar refractivity (Wildman–Crippen MR) is 186 cm³/mol. The van der Waals surface area contributed by atoms with Gasteiger partial charge in [0.2, 0.25) is 8.32 Å². The standard InChI is InChI=1S/C35H55NO4SSi2/c1-24(2)43(25(3)4,26(5)6)39-23-28-21-29-15-18-32-31(34(29)33(22-28)40-42(11,12)35(8,9)10)19-20-36(32)41(37,38)30-16-13-27(7)14-17-30/h13-18,22,24-26,28H,19-21,23H2,1-12H3/t28-/m0/s1. The number of sulfonamides is 1. The molecule has 0 N–H and O–H groups in total. The molecule has 0 bridgehead atoms. The lowest BCUT2D eigenvalue weighted by molar-refractivity contribution is 0.239. The average Bonchev–Trinajstić information content (AvgIpc) is 3.33. The summed E-state index contributed by atoms with van der Waals surface area (Å²) < 4.78 is 43.4. The van der Waals surface area contributed by atoms with E-state index < -0.39 is 26.7 Å². The highest BCUT2D eigenvalue weighted by Crippen LogP contribution is 2.47. The Morgan fingerprint density at radius 3 is 2.05 bits per heavy atom. The van der Waals surface area contributed by atoms with E-state index in [-0.39, 0.29) is 11.0 Å². The number of aryl methyl sites for hydroxylation is 1. The Hall–Kier alpha value is -1.88. The van der Waals surface area contributed by atoms with Crippen LogP contribution in [0.4, 0.5) is 5.69 Å². The Balaban J connectivity index is 1.76. The fourth-order valence-corrected chi connectivity index (χ4v) is 15.1. The van der Waals surface area contributed by atoms with Crippen LogP contribution in [0.3, 0.4) is 0 Å². The molecule has 5 nitrogen and oxygen atoms in total. The number of fused-ring (bicyclic) bond motifs is 3. The first-order chi connectivity index (χ1) is 19.8. The van der Waals surface area contributed by atoms with E-state index in [9.17, 15) is 8.42 Å². The summed E-state index contributed by atoms with van der Waals surface area (Å²) in [5.41, 5.74) is 6.85. The van der Waals surface area contributed by atoms with Gasteiger partial charge in [0.15, 0.2) is 8.32 Å². The van der Waals surface area contributed by atoms with Gasteiger partial charge in [-0.05, 0) is 89.9 Å². The highest BCUT2D eigenvalue weighted by atomic mass is 32.2. The molecule has 8 heteroatoms. The van der Waals surface area contributed by atoms with Crippen molar-refractivity contribution in [1.82, 2.24) is 0 Å². The molecule has 1 heterocycles. The minimum Gasteiger partial charge on any atom is -0.543 e. The summed E-state index contributed by atoms with van der Waals surface area (Å²) >= 11 is 0. The van der Waals surface area contributed by atoms with Crippen LogP contribution in [0.2, 0.25) is 34.8 Å². The maximum absolute atomic E-state index is 13.8.